The molecule has 1 aromatic rings. The van der Waals surface area contributed by atoms with Gasteiger partial charge in [0.25, 0.3) is 0 Å². The number of aromatic nitrogens is 3. The van der Waals surface area contributed by atoms with E-state index in [4.69, 9.17) is 0 Å². The van der Waals surface area contributed by atoms with Gasteiger partial charge in [-0.05, 0) is 12.8 Å². The zero-order valence-electron chi connectivity index (χ0n) is 10.1. The molecule has 1 aliphatic carbocycles. The summed E-state index contributed by atoms with van der Waals surface area (Å²) in [6.45, 7) is 4.03. The summed E-state index contributed by atoms with van der Waals surface area (Å²) in [5.74, 6) is 0.457. The van der Waals surface area contributed by atoms with Crippen LogP contribution in [0, 0.1) is 5.92 Å². The van der Waals surface area contributed by atoms with Gasteiger partial charge >= 0.3 is 5.97 Å². The minimum atomic E-state index is -0.762. The third-order valence-electron chi connectivity index (χ3n) is 3.14. The number of nitrogens with zero attached hydrogens (tertiary/aromatic N) is 2. The number of carboxylic acid groups (broad SMARTS) is 1. The van der Waals surface area contributed by atoms with Crippen molar-refractivity contribution in [1.82, 2.24) is 15.2 Å². The Morgan fingerprint density at radius 3 is 2.76 bits per heavy atom. The highest BCUT2D eigenvalue weighted by atomic mass is 16.4. The van der Waals surface area contributed by atoms with Crippen LogP contribution in [0.4, 0.5) is 0 Å². The molecular formula is C12H17N3O2. The average Bonchev–Trinajstić information content (AvgIpc) is 2.78. The molecular weight excluding hydrogens is 218 g/mol. The van der Waals surface area contributed by atoms with Crippen molar-refractivity contribution in [1.29, 1.82) is 0 Å². The molecule has 2 N–H and O–H groups in total. The van der Waals surface area contributed by atoms with E-state index in [0.29, 0.717) is 18.7 Å². The van der Waals surface area contributed by atoms with Gasteiger partial charge in [-0.25, -0.2) is 4.98 Å². The largest absolute Gasteiger partial charge is 0.481 e. The molecule has 5 heteroatoms. The third-order valence-corrected chi connectivity index (χ3v) is 3.14. The topological polar surface area (TPSA) is 78.9 Å². The van der Waals surface area contributed by atoms with Crippen molar-refractivity contribution in [3.8, 4) is 0 Å². The van der Waals surface area contributed by atoms with Crippen LogP contribution in [0.25, 0.3) is 0 Å². The van der Waals surface area contributed by atoms with Gasteiger partial charge in [-0.1, -0.05) is 26.0 Å². The van der Waals surface area contributed by atoms with Crippen molar-refractivity contribution >= 4 is 5.97 Å². The molecule has 0 spiro atoms. The van der Waals surface area contributed by atoms with Crippen molar-refractivity contribution < 1.29 is 9.90 Å². The first-order valence-electron chi connectivity index (χ1n) is 5.89. The van der Waals surface area contributed by atoms with E-state index in [-0.39, 0.29) is 11.8 Å². The van der Waals surface area contributed by atoms with Gasteiger partial charge in [0, 0.05) is 11.8 Å². The molecule has 17 heavy (non-hydrogen) atoms. The Morgan fingerprint density at radius 2 is 2.18 bits per heavy atom. The SMILES string of the molecule is CC(C)c1n[nH]c([C@@H]2CC=CC[C@@H]2C(=O)O)n1. The lowest BCUT2D eigenvalue weighted by Gasteiger charge is -2.22. The second kappa shape index (κ2) is 4.69. The minimum Gasteiger partial charge on any atom is -0.481 e. The zero-order chi connectivity index (χ0) is 12.4. The first-order valence-corrected chi connectivity index (χ1v) is 5.89. The molecule has 2 rings (SSSR count). The molecule has 0 saturated carbocycles. The molecule has 1 aliphatic rings. The van der Waals surface area contributed by atoms with Gasteiger partial charge in [0.05, 0.1) is 5.92 Å². The first-order chi connectivity index (χ1) is 8.09. The summed E-state index contributed by atoms with van der Waals surface area (Å²) < 4.78 is 0. The number of rotatable bonds is 3. The Morgan fingerprint density at radius 1 is 1.47 bits per heavy atom. The summed E-state index contributed by atoms with van der Waals surface area (Å²) in [5.41, 5.74) is 0. The highest BCUT2D eigenvalue weighted by Gasteiger charge is 2.32. The van der Waals surface area contributed by atoms with Gasteiger partial charge in [-0.2, -0.15) is 5.10 Å². The molecule has 1 heterocycles. The van der Waals surface area contributed by atoms with Gasteiger partial charge in [0.1, 0.15) is 5.82 Å². The number of hydrogen-bond donors (Lipinski definition) is 2. The lowest BCUT2D eigenvalue weighted by molar-refractivity contribution is -0.142. The number of hydrogen-bond acceptors (Lipinski definition) is 3. The number of carbonyl (C=O) groups is 1. The fraction of sp³-hybridized carbons (Fsp3) is 0.583. The fourth-order valence-electron chi connectivity index (χ4n) is 2.10. The molecule has 1 aromatic heterocycles. The molecule has 0 radical (unpaired) electrons. The van der Waals surface area contributed by atoms with Crippen LogP contribution < -0.4 is 0 Å². The Balaban J connectivity index is 2.24. The average molecular weight is 235 g/mol. The molecule has 5 nitrogen and oxygen atoms in total. The van der Waals surface area contributed by atoms with E-state index in [1.807, 2.05) is 26.0 Å². The number of nitrogens with one attached hydrogen (secondary N) is 1. The summed E-state index contributed by atoms with van der Waals surface area (Å²) in [6.07, 6.45) is 5.22. The molecule has 2 atom stereocenters. The monoisotopic (exact) mass is 235 g/mol. The Hall–Kier alpha value is -1.65. The lowest BCUT2D eigenvalue weighted by Crippen LogP contribution is -2.24. The van der Waals surface area contributed by atoms with Crippen molar-refractivity contribution in [2.24, 2.45) is 5.92 Å². The van der Waals surface area contributed by atoms with Crippen LogP contribution in [0.2, 0.25) is 0 Å². The quantitative estimate of drug-likeness (QED) is 0.786. The van der Waals surface area contributed by atoms with E-state index >= 15 is 0 Å². The Labute approximate surface area is 100.0 Å². The van der Waals surface area contributed by atoms with Crippen LogP contribution in [0.3, 0.4) is 0 Å². The van der Waals surface area contributed by atoms with E-state index in [1.165, 1.54) is 0 Å². The summed E-state index contributed by atoms with van der Waals surface area (Å²) in [7, 11) is 0. The maximum atomic E-state index is 11.2. The van der Waals surface area contributed by atoms with E-state index in [9.17, 15) is 9.90 Å². The van der Waals surface area contributed by atoms with Gasteiger partial charge in [-0.3, -0.25) is 9.89 Å². The number of aliphatic carboxylic acids is 1. The maximum absolute atomic E-state index is 11.2. The maximum Gasteiger partial charge on any atom is 0.307 e. The predicted molar refractivity (Wildman–Crippen MR) is 62.7 cm³/mol. The highest BCUT2D eigenvalue weighted by Crippen LogP contribution is 2.33. The smallest absolute Gasteiger partial charge is 0.307 e. The molecule has 0 unspecified atom stereocenters. The Bertz CT molecular complexity index is 437. The van der Waals surface area contributed by atoms with Crippen molar-refractivity contribution in [3.05, 3.63) is 23.8 Å². The van der Waals surface area contributed by atoms with E-state index in [1.54, 1.807) is 0 Å². The van der Waals surface area contributed by atoms with Crippen molar-refractivity contribution in [2.45, 2.75) is 38.5 Å². The number of allylic oxidation sites excluding steroid dienone is 2. The second-order valence-corrected chi connectivity index (χ2v) is 4.73. The van der Waals surface area contributed by atoms with Crippen LogP contribution >= 0.6 is 0 Å². The van der Waals surface area contributed by atoms with E-state index in [2.05, 4.69) is 15.2 Å². The van der Waals surface area contributed by atoms with Crippen LogP contribution in [-0.4, -0.2) is 26.3 Å². The standard InChI is InChI=1S/C12H17N3O2/c1-7(2)10-13-11(15-14-10)8-5-3-4-6-9(8)12(16)17/h3-4,7-9H,5-6H2,1-2H3,(H,16,17)(H,13,14,15)/t8-,9+/m1/s1. The number of aromatic amines is 1. The van der Waals surface area contributed by atoms with Crippen molar-refractivity contribution in [3.63, 3.8) is 0 Å². The molecule has 0 fully saturated rings. The minimum absolute atomic E-state index is 0.0856. The number of H-pyrrole nitrogens is 1. The zero-order valence-corrected chi connectivity index (χ0v) is 10.1. The molecule has 0 bridgehead atoms. The van der Waals surface area contributed by atoms with Crippen molar-refractivity contribution in [2.75, 3.05) is 0 Å². The molecule has 0 aliphatic heterocycles. The van der Waals surface area contributed by atoms with Gasteiger partial charge < -0.3 is 5.11 Å². The molecule has 0 amide bonds. The van der Waals surface area contributed by atoms with E-state index in [0.717, 1.165) is 5.82 Å². The van der Waals surface area contributed by atoms with Gasteiger partial charge in [-0.15, -0.1) is 0 Å². The summed E-state index contributed by atoms with van der Waals surface area (Å²) in [5, 5.41) is 16.2. The van der Waals surface area contributed by atoms with E-state index < -0.39 is 11.9 Å². The first kappa shape index (κ1) is 11.8. The molecule has 0 aromatic carbocycles. The Kier molecular flexibility index (Phi) is 3.26. The van der Waals surface area contributed by atoms with Gasteiger partial charge in [0.2, 0.25) is 0 Å². The van der Waals surface area contributed by atoms with Gasteiger partial charge in [0.15, 0.2) is 5.82 Å². The number of carboxylic acids is 1. The summed E-state index contributed by atoms with van der Waals surface area (Å²) in [4.78, 5) is 15.6. The second-order valence-electron chi connectivity index (χ2n) is 4.73. The van der Waals surface area contributed by atoms with Crippen LogP contribution in [0.1, 0.15) is 50.2 Å². The fourth-order valence-corrected chi connectivity index (χ4v) is 2.10. The third kappa shape index (κ3) is 2.38. The molecule has 92 valence electrons. The lowest BCUT2D eigenvalue weighted by atomic mass is 9.82. The molecule has 0 saturated heterocycles. The van der Waals surface area contributed by atoms with Crippen LogP contribution in [0.5, 0.6) is 0 Å². The van der Waals surface area contributed by atoms with Crippen LogP contribution in [-0.2, 0) is 4.79 Å². The normalized spacial score (nSPS) is 24.2. The predicted octanol–water partition coefficient (Wildman–Crippen LogP) is 2.06. The summed E-state index contributed by atoms with van der Waals surface area (Å²) in [6, 6.07) is 0. The van der Waals surface area contributed by atoms with Crippen LogP contribution in [0.15, 0.2) is 12.2 Å². The summed E-state index contributed by atoms with van der Waals surface area (Å²) >= 11 is 0. The highest BCUT2D eigenvalue weighted by molar-refractivity contribution is 5.71.